The highest BCUT2D eigenvalue weighted by atomic mass is 32.1. The van der Waals surface area contributed by atoms with Crippen LogP contribution in [0.4, 0.5) is 5.13 Å². The second-order valence-corrected chi connectivity index (χ2v) is 15.8. The number of nitrogens with one attached hydrogen (secondary N) is 1. The van der Waals surface area contributed by atoms with Crippen molar-refractivity contribution in [2.75, 3.05) is 31.9 Å². The number of unbranched alkanes of at least 4 members (excludes halogenated alkanes) is 2. The van der Waals surface area contributed by atoms with Crippen molar-refractivity contribution in [1.82, 2.24) is 4.98 Å². The number of carbonyl (C=O) groups excluding carboxylic acids is 4. The first-order chi connectivity index (χ1) is 29.1. The number of thiazole rings is 1. The van der Waals surface area contributed by atoms with E-state index in [0.29, 0.717) is 107 Å². The minimum atomic E-state index is -0.951. The molecule has 60 heavy (non-hydrogen) atoms. The van der Waals surface area contributed by atoms with Crippen molar-refractivity contribution >= 4 is 56.8 Å². The number of aliphatic hydroxyl groups is 1. The number of hydrogen-bond donors (Lipinski definition) is 2. The summed E-state index contributed by atoms with van der Waals surface area (Å²) in [4.78, 5) is 55.2. The van der Waals surface area contributed by atoms with Crippen molar-refractivity contribution in [2.24, 2.45) is 28.8 Å². The minimum Gasteiger partial charge on any atom is -0.494 e. The summed E-state index contributed by atoms with van der Waals surface area (Å²) in [5.41, 5.74) is 4.18. The molecule has 2 fully saturated rings. The Balaban J connectivity index is 1.13. The molecule has 1 atom stereocenters. The van der Waals surface area contributed by atoms with Crippen LogP contribution >= 0.6 is 11.3 Å². The molecule has 2 aromatic carbocycles. The molecule has 0 aliphatic heterocycles. The van der Waals surface area contributed by atoms with E-state index in [1.165, 1.54) is 17.6 Å². The van der Waals surface area contributed by atoms with Crippen molar-refractivity contribution < 1.29 is 52.7 Å². The molecule has 0 bridgehead atoms. The molecule has 0 saturated heterocycles. The summed E-state index contributed by atoms with van der Waals surface area (Å²) in [6.07, 6.45) is 10.0. The van der Waals surface area contributed by atoms with E-state index in [2.05, 4.69) is 35.2 Å². The second-order valence-electron chi connectivity index (χ2n) is 14.8. The molecule has 0 radical (unpaired) electrons. The van der Waals surface area contributed by atoms with Gasteiger partial charge in [0, 0.05) is 24.2 Å². The Bertz CT molecular complexity index is 1930. The first kappa shape index (κ1) is 45.7. The summed E-state index contributed by atoms with van der Waals surface area (Å²) in [7, 11) is 0. The molecular weight excluding hydrogens is 791 g/mol. The van der Waals surface area contributed by atoms with Crippen LogP contribution in [0, 0.1) is 23.7 Å². The Morgan fingerprint density at radius 3 is 2.08 bits per heavy atom. The van der Waals surface area contributed by atoms with Gasteiger partial charge in [-0.05, 0) is 113 Å². The van der Waals surface area contributed by atoms with Gasteiger partial charge in [0.15, 0.2) is 6.29 Å². The number of aromatic nitrogens is 1. The van der Waals surface area contributed by atoms with Gasteiger partial charge >= 0.3 is 23.9 Å². The van der Waals surface area contributed by atoms with Gasteiger partial charge in [0.2, 0.25) is 5.13 Å². The van der Waals surface area contributed by atoms with Gasteiger partial charge in [-0.1, -0.05) is 43.2 Å². The smallest absolute Gasteiger partial charge is 0.330 e. The van der Waals surface area contributed by atoms with Crippen LogP contribution in [0.5, 0.6) is 11.5 Å². The minimum absolute atomic E-state index is 0.110. The average molecular weight is 846 g/mol. The molecule has 3 aromatic rings. The van der Waals surface area contributed by atoms with Crippen molar-refractivity contribution in [3.8, 4) is 11.5 Å². The number of para-hydroxylation sites is 1. The highest BCUT2D eigenvalue weighted by molar-refractivity contribution is 7.22. The Morgan fingerprint density at radius 2 is 1.40 bits per heavy atom. The van der Waals surface area contributed by atoms with Gasteiger partial charge in [0.05, 0.1) is 54.0 Å². The molecular formula is C45H55N3O11S. The number of nitrogens with zero attached hydrogens (tertiary/aromatic N) is 2. The van der Waals surface area contributed by atoms with E-state index < -0.39 is 30.1 Å². The first-order valence-electron chi connectivity index (χ1n) is 20.5. The largest absolute Gasteiger partial charge is 0.494 e. The number of fused-ring (bicyclic) bond motifs is 1. The van der Waals surface area contributed by atoms with Gasteiger partial charge in [-0.3, -0.25) is 19.8 Å². The van der Waals surface area contributed by atoms with E-state index in [1.807, 2.05) is 24.3 Å². The summed E-state index contributed by atoms with van der Waals surface area (Å²) in [5, 5.41) is 15.5. The van der Waals surface area contributed by atoms with Crippen LogP contribution in [-0.2, 0) is 38.1 Å². The number of hydrazone groups is 1. The van der Waals surface area contributed by atoms with Crippen molar-refractivity contribution in [3.63, 3.8) is 0 Å². The fraction of sp³-hybridized carbons (Fsp3) is 0.467. The molecule has 2 saturated carbocycles. The summed E-state index contributed by atoms with van der Waals surface area (Å²) in [5.74, 6) is -1.67. The average Bonchev–Trinajstić information content (AvgIpc) is 3.69. The number of allylic oxidation sites excluding steroid dienone is 1. The first-order valence-corrected chi connectivity index (χ1v) is 21.4. The van der Waals surface area contributed by atoms with Crippen LogP contribution in [0.3, 0.4) is 0 Å². The fourth-order valence-electron chi connectivity index (χ4n) is 6.99. The molecule has 5 rings (SSSR count). The quantitative estimate of drug-likeness (QED) is 0.0108. The predicted octanol–water partition coefficient (Wildman–Crippen LogP) is 8.05. The number of carbonyl (C=O) groups is 4. The van der Waals surface area contributed by atoms with Crippen LogP contribution in [0.15, 0.2) is 85.2 Å². The van der Waals surface area contributed by atoms with Crippen LogP contribution in [0.1, 0.15) is 82.6 Å². The summed E-state index contributed by atoms with van der Waals surface area (Å²) >= 11 is 1.44. The second kappa shape index (κ2) is 24.0. The molecule has 322 valence electrons. The maximum Gasteiger partial charge on any atom is 0.330 e. The molecule has 1 heterocycles. The molecule has 1 aromatic heterocycles. The molecule has 15 heteroatoms. The van der Waals surface area contributed by atoms with Gasteiger partial charge in [0.25, 0.3) is 0 Å². The van der Waals surface area contributed by atoms with Gasteiger partial charge in [-0.15, -0.1) is 0 Å². The topological polar surface area (TPSA) is 181 Å². The van der Waals surface area contributed by atoms with Crippen LogP contribution in [-0.4, -0.2) is 72.9 Å². The molecule has 1 unspecified atom stereocenters. The van der Waals surface area contributed by atoms with E-state index in [4.69, 9.17) is 28.4 Å². The molecule has 14 nitrogen and oxygen atoms in total. The Hall–Kier alpha value is -5.38. The van der Waals surface area contributed by atoms with Crippen molar-refractivity contribution in [1.29, 1.82) is 0 Å². The van der Waals surface area contributed by atoms with E-state index in [-0.39, 0.29) is 41.8 Å². The number of ether oxygens (including phenoxy) is 6. The van der Waals surface area contributed by atoms with E-state index in [1.54, 1.807) is 24.3 Å². The Kier molecular flexibility index (Phi) is 18.3. The normalized spacial score (nSPS) is 19.5. The van der Waals surface area contributed by atoms with Crippen LogP contribution in [0.2, 0.25) is 0 Å². The van der Waals surface area contributed by atoms with E-state index >= 15 is 0 Å². The number of benzene rings is 2. The molecule has 0 amide bonds. The number of hydrogen-bond acceptors (Lipinski definition) is 15. The van der Waals surface area contributed by atoms with Crippen LogP contribution in [0.25, 0.3) is 10.2 Å². The number of aliphatic hydroxyl groups excluding tert-OH is 1. The lowest BCUT2D eigenvalue weighted by Gasteiger charge is -2.30. The summed E-state index contributed by atoms with van der Waals surface area (Å²) in [6, 6.07) is 12.5. The maximum atomic E-state index is 13.4. The zero-order valence-electron chi connectivity index (χ0n) is 33.9. The Morgan fingerprint density at radius 1 is 0.783 bits per heavy atom. The third-order valence-corrected chi connectivity index (χ3v) is 11.4. The number of rotatable bonds is 23. The van der Waals surface area contributed by atoms with Gasteiger partial charge in [0.1, 0.15) is 17.3 Å². The SMILES string of the molecule is C=CC(=C)OCCCCOC(=O)C1CCC(C(=O)Oc2ccc(OC(=O)C3CCC(C(O)OCCCCOC(=O)C=C)CC3)cc2/C=N/Nc2nc3ccccc3s2)CC1. The zero-order chi connectivity index (χ0) is 42.7. The highest BCUT2D eigenvalue weighted by Gasteiger charge is 2.33. The summed E-state index contributed by atoms with van der Waals surface area (Å²) in [6.45, 7) is 12.0. The lowest BCUT2D eigenvalue weighted by atomic mass is 9.81. The monoisotopic (exact) mass is 845 g/mol. The van der Waals surface area contributed by atoms with Gasteiger partial charge in [-0.2, -0.15) is 5.10 Å². The number of esters is 4. The van der Waals surface area contributed by atoms with Gasteiger partial charge in [-0.25, -0.2) is 9.78 Å². The fourth-order valence-corrected chi connectivity index (χ4v) is 7.81. The van der Waals surface area contributed by atoms with E-state index in [0.717, 1.165) is 22.7 Å². The van der Waals surface area contributed by atoms with E-state index in [9.17, 15) is 24.3 Å². The number of anilines is 1. The zero-order valence-corrected chi connectivity index (χ0v) is 34.7. The predicted molar refractivity (Wildman–Crippen MR) is 227 cm³/mol. The van der Waals surface area contributed by atoms with Gasteiger partial charge < -0.3 is 33.5 Å². The maximum absolute atomic E-state index is 13.4. The molecule has 2 N–H and O–H groups in total. The Labute approximate surface area is 354 Å². The lowest BCUT2D eigenvalue weighted by molar-refractivity contribution is -0.152. The summed E-state index contributed by atoms with van der Waals surface area (Å²) < 4.78 is 34.2. The van der Waals surface area contributed by atoms with Crippen LogP contribution < -0.4 is 14.9 Å². The third kappa shape index (κ3) is 14.4. The van der Waals surface area contributed by atoms with Crippen molar-refractivity contribution in [2.45, 2.75) is 83.3 Å². The standard InChI is InChI=1S/C45H55N3O11S/c1-4-30(3)54-24-8-10-26-56-42(51)32-16-20-34(21-17-32)44(53)59-38-23-22-36(28-35(38)29-46-48-45-47-37-12-6-7-13-39(37)60-45)58-43(52)33-18-14-31(15-19-33)41(50)57-27-11-9-25-55-40(49)5-2/h4-7,12-13,22-23,28-29,31-34,41,50H,1-3,8-11,14-21,24-27H2,(H,47,48)/b46-29+. The molecule has 2 aliphatic rings. The molecule has 0 spiro atoms. The molecule has 2 aliphatic carbocycles. The third-order valence-electron chi connectivity index (χ3n) is 10.5. The lowest BCUT2D eigenvalue weighted by Crippen LogP contribution is -2.32. The van der Waals surface area contributed by atoms with Crippen molar-refractivity contribution in [3.05, 3.63) is 85.7 Å². The highest BCUT2D eigenvalue weighted by Crippen LogP contribution is 2.35.